The third kappa shape index (κ3) is 2.70. The van der Waals surface area contributed by atoms with E-state index < -0.39 is 0 Å². The second-order valence-corrected chi connectivity index (χ2v) is 6.45. The number of hydrogen-bond acceptors (Lipinski definition) is 5. The van der Waals surface area contributed by atoms with E-state index in [0.29, 0.717) is 25.5 Å². The second kappa shape index (κ2) is 5.10. The molecule has 114 valence electrons. The summed E-state index contributed by atoms with van der Waals surface area (Å²) in [6, 6.07) is 1.60. The monoisotopic (exact) mass is 292 g/mol. The molecular formula is C15H20N2O4. The Balaban J connectivity index is 1.34. The number of ether oxygens (including phenoxy) is 2. The van der Waals surface area contributed by atoms with Crippen LogP contribution in [0.25, 0.3) is 0 Å². The minimum atomic E-state index is -0.218. The van der Waals surface area contributed by atoms with Crippen molar-refractivity contribution in [3.63, 3.8) is 0 Å². The quantitative estimate of drug-likeness (QED) is 0.841. The van der Waals surface area contributed by atoms with Crippen LogP contribution in [0.4, 0.5) is 0 Å². The molecule has 1 saturated carbocycles. The molecule has 21 heavy (non-hydrogen) atoms. The zero-order chi connectivity index (χ0) is 14.3. The molecule has 0 radical (unpaired) electrons. The lowest BCUT2D eigenvalue weighted by atomic mass is 9.98. The van der Waals surface area contributed by atoms with Crippen molar-refractivity contribution in [2.24, 2.45) is 5.92 Å². The van der Waals surface area contributed by atoms with Gasteiger partial charge in [-0.3, -0.25) is 4.79 Å². The average molecular weight is 292 g/mol. The Morgan fingerprint density at radius 2 is 2.43 bits per heavy atom. The number of amides is 1. The van der Waals surface area contributed by atoms with Gasteiger partial charge in [0.1, 0.15) is 0 Å². The number of likely N-dealkylation sites (tertiary alicyclic amines) is 1. The van der Waals surface area contributed by atoms with E-state index in [2.05, 4.69) is 5.16 Å². The van der Waals surface area contributed by atoms with Crippen LogP contribution in [-0.2, 0) is 9.47 Å². The fourth-order valence-corrected chi connectivity index (χ4v) is 3.25. The van der Waals surface area contributed by atoms with Crippen LogP contribution in [0.15, 0.2) is 16.8 Å². The second-order valence-electron chi connectivity index (χ2n) is 6.45. The molecule has 1 spiro atoms. The van der Waals surface area contributed by atoms with Gasteiger partial charge in [-0.2, -0.15) is 0 Å². The Hall–Kier alpha value is -1.40. The first kappa shape index (κ1) is 13.3. The maximum absolute atomic E-state index is 12.3. The van der Waals surface area contributed by atoms with E-state index in [0.717, 1.165) is 25.4 Å². The molecule has 0 unspecified atom stereocenters. The normalized spacial score (nSPS) is 32.2. The molecular weight excluding hydrogens is 272 g/mol. The molecule has 1 aliphatic carbocycles. The molecule has 1 aromatic rings. The van der Waals surface area contributed by atoms with Crippen LogP contribution in [-0.4, -0.2) is 54.0 Å². The Morgan fingerprint density at radius 3 is 3.19 bits per heavy atom. The summed E-state index contributed by atoms with van der Waals surface area (Å²) in [6.07, 6.45) is 6.05. The van der Waals surface area contributed by atoms with Crippen LogP contribution < -0.4 is 0 Å². The van der Waals surface area contributed by atoms with Crippen LogP contribution in [0.1, 0.15) is 36.2 Å². The average Bonchev–Trinajstić information content (AvgIpc) is 2.96. The molecule has 3 aliphatic rings. The molecule has 4 rings (SSSR count). The molecule has 2 atom stereocenters. The highest BCUT2D eigenvalue weighted by Crippen LogP contribution is 2.38. The summed E-state index contributed by atoms with van der Waals surface area (Å²) in [4.78, 5) is 14.1. The highest BCUT2D eigenvalue weighted by atomic mass is 16.6. The van der Waals surface area contributed by atoms with Crippen LogP contribution in [0.5, 0.6) is 0 Å². The summed E-state index contributed by atoms with van der Waals surface area (Å²) in [5, 5.41) is 3.59. The lowest BCUT2D eigenvalue weighted by Crippen LogP contribution is -2.36. The summed E-state index contributed by atoms with van der Waals surface area (Å²) in [5.41, 5.74) is -0.218. The minimum Gasteiger partial charge on any atom is -0.375 e. The van der Waals surface area contributed by atoms with Crippen molar-refractivity contribution < 1.29 is 18.8 Å². The Bertz CT molecular complexity index is 514. The van der Waals surface area contributed by atoms with Gasteiger partial charge >= 0.3 is 0 Å². The largest absolute Gasteiger partial charge is 0.375 e. The topological polar surface area (TPSA) is 64.8 Å². The molecule has 0 aromatic carbocycles. The van der Waals surface area contributed by atoms with E-state index >= 15 is 0 Å². The zero-order valence-electron chi connectivity index (χ0n) is 12.0. The molecule has 3 heterocycles. The Labute approximate surface area is 123 Å². The van der Waals surface area contributed by atoms with Crippen molar-refractivity contribution in [1.29, 1.82) is 0 Å². The van der Waals surface area contributed by atoms with Gasteiger partial charge in [0.05, 0.1) is 31.1 Å². The van der Waals surface area contributed by atoms with Gasteiger partial charge in [-0.1, -0.05) is 5.16 Å². The van der Waals surface area contributed by atoms with Gasteiger partial charge in [0.2, 0.25) is 5.76 Å². The third-order valence-corrected chi connectivity index (χ3v) is 4.69. The highest BCUT2D eigenvalue weighted by molar-refractivity contribution is 5.91. The smallest absolute Gasteiger partial charge is 0.292 e. The summed E-state index contributed by atoms with van der Waals surface area (Å²) in [7, 11) is 0. The summed E-state index contributed by atoms with van der Waals surface area (Å²) in [6.45, 7) is 2.84. The maximum atomic E-state index is 12.3. The van der Waals surface area contributed by atoms with Crippen molar-refractivity contribution in [1.82, 2.24) is 10.1 Å². The van der Waals surface area contributed by atoms with Gasteiger partial charge in [-0.05, 0) is 25.2 Å². The first-order valence-electron chi connectivity index (χ1n) is 7.70. The van der Waals surface area contributed by atoms with Gasteiger partial charge in [-0.15, -0.1) is 0 Å². The molecule has 1 amide bonds. The molecule has 6 nitrogen and oxygen atoms in total. The summed E-state index contributed by atoms with van der Waals surface area (Å²) in [5.74, 6) is 0.969. The van der Waals surface area contributed by atoms with E-state index in [1.807, 2.05) is 0 Å². The highest BCUT2D eigenvalue weighted by Gasteiger charge is 2.47. The molecule has 0 bridgehead atoms. The van der Waals surface area contributed by atoms with E-state index in [-0.39, 0.29) is 17.6 Å². The van der Waals surface area contributed by atoms with Gasteiger partial charge in [0.15, 0.2) is 0 Å². The van der Waals surface area contributed by atoms with Crippen molar-refractivity contribution in [3.8, 4) is 0 Å². The molecule has 0 N–H and O–H groups in total. The first-order chi connectivity index (χ1) is 10.2. The van der Waals surface area contributed by atoms with Crippen LogP contribution in [0.3, 0.4) is 0 Å². The summed E-state index contributed by atoms with van der Waals surface area (Å²) >= 11 is 0. The molecule has 2 saturated heterocycles. The van der Waals surface area contributed by atoms with Gasteiger partial charge in [0, 0.05) is 25.6 Å². The molecule has 2 aliphatic heterocycles. The van der Waals surface area contributed by atoms with Crippen molar-refractivity contribution >= 4 is 5.91 Å². The van der Waals surface area contributed by atoms with Gasteiger partial charge < -0.3 is 18.9 Å². The van der Waals surface area contributed by atoms with Crippen molar-refractivity contribution in [2.75, 3.05) is 26.3 Å². The van der Waals surface area contributed by atoms with E-state index in [1.165, 1.54) is 19.0 Å². The Kier molecular flexibility index (Phi) is 3.23. The number of carbonyl (C=O) groups excluding carboxylic acids is 1. The van der Waals surface area contributed by atoms with E-state index in [9.17, 15) is 4.79 Å². The fourth-order valence-electron chi connectivity index (χ4n) is 3.25. The lowest BCUT2D eigenvalue weighted by molar-refractivity contribution is 0.00133. The fraction of sp³-hybridized carbons (Fsp3) is 0.733. The van der Waals surface area contributed by atoms with E-state index in [1.54, 1.807) is 11.0 Å². The van der Waals surface area contributed by atoms with Crippen molar-refractivity contribution in [2.45, 2.75) is 37.4 Å². The predicted octanol–water partition coefficient (Wildman–Crippen LogP) is 1.47. The molecule has 3 fully saturated rings. The number of nitrogens with zero attached hydrogens (tertiary/aromatic N) is 2. The van der Waals surface area contributed by atoms with Crippen molar-refractivity contribution in [3.05, 3.63) is 18.0 Å². The molecule has 1 aromatic heterocycles. The van der Waals surface area contributed by atoms with Crippen LogP contribution in [0.2, 0.25) is 0 Å². The standard InChI is InChI=1S/C15H20N2O4/c18-14(13-3-5-16-21-13)17-6-4-15(10-17)7-12(9-20-15)19-8-11-1-2-11/h3,5,11-12H,1-2,4,6-10H2/t12-,15+/m1/s1. The van der Waals surface area contributed by atoms with Gasteiger partial charge in [0.25, 0.3) is 5.91 Å². The predicted molar refractivity (Wildman–Crippen MR) is 72.8 cm³/mol. The molecule has 6 heteroatoms. The first-order valence-corrected chi connectivity index (χ1v) is 7.70. The van der Waals surface area contributed by atoms with Crippen LogP contribution >= 0.6 is 0 Å². The zero-order valence-corrected chi connectivity index (χ0v) is 12.0. The van der Waals surface area contributed by atoms with E-state index in [4.69, 9.17) is 14.0 Å². The maximum Gasteiger partial charge on any atom is 0.292 e. The Morgan fingerprint density at radius 1 is 1.52 bits per heavy atom. The SMILES string of the molecule is O=C(c1ccno1)N1CC[C@]2(C[C@@H](OCC3CC3)CO2)C1. The van der Waals surface area contributed by atoms with Crippen LogP contribution in [0, 0.1) is 5.92 Å². The number of aromatic nitrogens is 1. The number of carbonyl (C=O) groups is 1. The summed E-state index contributed by atoms with van der Waals surface area (Å²) < 4.78 is 16.9. The lowest BCUT2D eigenvalue weighted by Gasteiger charge is -2.22. The van der Waals surface area contributed by atoms with Gasteiger partial charge in [-0.25, -0.2) is 0 Å². The third-order valence-electron chi connectivity index (χ3n) is 4.69. The number of hydrogen-bond donors (Lipinski definition) is 0. The minimum absolute atomic E-state index is 0.102. The number of rotatable bonds is 4.